The van der Waals surface area contributed by atoms with E-state index in [1.807, 2.05) is 25.2 Å². The summed E-state index contributed by atoms with van der Waals surface area (Å²) < 4.78 is 7.08. The normalized spacial score (nSPS) is 10.5. The third kappa shape index (κ3) is 3.58. The molecular formula is C16H18BrNO. The first-order valence-electron chi connectivity index (χ1n) is 6.28. The minimum atomic E-state index is 0.841. The van der Waals surface area contributed by atoms with Crippen molar-refractivity contribution in [1.82, 2.24) is 5.32 Å². The molecule has 1 N–H and O–H groups in total. The molecule has 0 aliphatic carbocycles. The van der Waals surface area contributed by atoms with E-state index in [0.29, 0.717) is 0 Å². The largest absolute Gasteiger partial charge is 0.457 e. The van der Waals surface area contributed by atoms with E-state index in [4.69, 9.17) is 4.74 Å². The summed E-state index contributed by atoms with van der Waals surface area (Å²) in [6.45, 7) is 4.95. The molecule has 0 atom stereocenters. The predicted octanol–water partition coefficient (Wildman–Crippen LogP) is 4.58. The van der Waals surface area contributed by atoms with E-state index >= 15 is 0 Å². The van der Waals surface area contributed by atoms with Crippen molar-refractivity contribution >= 4 is 15.9 Å². The highest BCUT2D eigenvalue weighted by molar-refractivity contribution is 9.10. The molecule has 3 heteroatoms. The van der Waals surface area contributed by atoms with Gasteiger partial charge in [-0.3, -0.25) is 0 Å². The number of hydrogen-bond donors (Lipinski definition) is 1. The molecule has 100 valence electrons. The van der Waals surface area contributed by atoms with Gasteiger partial charge < -0.3 is 10.1 Å². The maximum absolute atomic E-state index is 6.05. The van der Waals surface area contributed by atoms with Crippen molar-refractivity contribution in [2.75, 3.05) is 7.05 Å². The van der Waals surface area contributed by atoms with E-state index in [1.165, 1.54) is 5.56 Å². The molecule has 0 saturated carbocycles. The molecule has 0 spiro atoms. The number of nitrogens with one attached hydrogen (secondary N) is 1. The minimum absolute atomic E-state index is 0.841. The minimum Gasteiger partial charge on any atom is -0.457 e. The van der Waals surface area contributed by atoms with Gasteiger partial charge in [-0.2, -0.15) is 0 Å². The summed E-state index contributed by atoms with van der Waals surface area (Å²) in [4.78, 5) is 0. The third-order valence-corrected chi connectivity index (χ3v) is 3.50. The Balaban J connectivity index is 2.31. The highest BCUT2D eigenvalue weighted by Crippen LogP contribution is 2.30. The van der Waals surface area contributed by atoms with Crippen LogP contribution in [-0.2, 0) is 6.54 Å². The molecule has 0 fully saturated rings. The number of rotatable bonds is 4. The van der Waals surface area contributed by atoms with E-state index in [2.05, 4.69) is 53.3 Å². The summed E-state index contributed by atoms with van der Waals surface area (Å²) >= 11 is 3.48. The second-order valence-corrected chi connectivity index (χ2v) is 5.56. The first-order valence-corrected chi connectivity index (χ1v) is 7.07. The molecule has 2 nitrogen and oxygen atoms in total. The average Bonchev–Trinajstić information content (AvgIpc) is 2.38. The van der Waals surface area contributed by atoms with Crippen LogP contribution in [0.1, 0.15) is 16.7 Å². The number of halogens is 1. The summed E-state index contributed by atoms with van der Waals surface area (Å²) in [5.74, 6) is 1.80. The first kappa shape index (κ1) is 14.1. The van der Waals surface area contributed by atoms with Gasteiger partial charge in [-0.25, -0.2) is 0 Å². The molecule has 19 heavy (non-hydrogen) atoms. The maximum atomic E-state index is 6.05. The van der Waals surface area contributed by atoms with Crippen LogP contribution in [0.15, 0.2) is 40.9 Å². The van der Waals surface area contributed by atoms with Crippen molar-refractivity contribution in [3.63, 3.8) is 0 Å². The molecule has 2 rings (SSSR count). The van der Waals surface area contributed by atoms with Crippen molar-refractivity contribution < 1.29 is 4.74 Å². The predicted molar refractivity (Wildman–Crippen MR) is 82.9 cm³/mol. The van der Waals surface area contributed by atoms with Gasteiger partial charge in [-0.05, 0) is 55.8 Å². The van der Waals surface area contributed by atoms with Gasteiger partial charge in [0.1, 0.15) is 11.5 Å². The molecule has 0 radical (unpaired) electrons. The van der Waals surface area contributed by atoms with Gasteiger partial charge in [-0.1, -0.05) is 34.1 Å². The van der Waals surface area contributed by atoms with Gasteiger partial charge >= 0.3 is 0 Å². The van der Waals surface area contributed by atoms with E-state index in [-0.39, 0.29) is 0 Å². The van der Waals surface area contributed by atoms with Crippen LogP contribution in [0.3, 0.4) is 0 Å². The van der Waals surface area contributed by atoms with Crippen LogP contribution in [0, 0.1) is 13.8 Å². The molecule has 0 amide bonds. The summed E-state index contributed by atoms with van der Waals surface area (Å²) in [6.07, 6.45) is 0. The number of benzene rings is 2. The lowest BCUT2D eigenvalue weighted by molar-refractivity contribution is 0.474. The summed E-state index contributed by atoms with van der Waals surface area (Å²) in [5.41, 5.74) is 3.48. The zero-order valence-electron chi connectivity index (χ0n) is 11.5. The Labute approximate surface area is 122 Å². The second kappa shape index (κ2) is 6.22. The maximum Gasteiger partial charge on any atom is 0.131 e. The lowest BCUT2D eigenvalue weighted by Crippen LogP contribution is -2.05. The van der Waals surface area contributed by atoms with Crippen molar-refractivity contribution in [2.45, 2.75) is 20.4 Å². The van der Waals surface area contributed by atoms with Gasteiger partial charge in [0.25, 0.3) is 0 Å². The molecule has 0 aliphatic heterocycles. The van der Waals surface area contributed by atoms with E-state index in [9.17, 15) is 0 Å². The van der Waals surface area contributed by atoms with Crippen molar-refractivity contribution in [1.29, 1.82) is 0 Å². The lowest BCUT2D eigenvalue weighted by Gasteiger charge is -2.13. The van der Waals surface area contributed by atoms with Gasteiger partial charge in [0, 0.05) is 11.0 Å². The highest BCUT2D eigenvalue weighted by Gasteiger charge is 2.06. The SMILES string of the molecule is CNCc1ccc(C)c(Oc2cc(Br)ccc2C)c1. The molecule has 0 heterocycles. The Bertz CT molecular complexity index is 581. The molecule has 0 saturated heterocycles. The quantitative estimate of drug-likeness (QED) is 0.890. The monoisotopic (exact) mass is 319 g/mol. The van der Waals surface area contributed by atoms with Crippen LogP contribution in [0.2, 0.25) is 0 Å². The highest BCUT2D eigenvalue weighted by atomic mass is 79.9. The van der Waals surface area contributed by atoms with Crippen LogP contribution in [0.4, 0.5) is 0 Å². The molecule has 0 aromatic heterocycles. The zero-order valence-corrected chi connectivity index (χ0v) is 13.0. The molecule has 0 unspecified atom stereocenters. The van der Waals surface area contributed by atoms with Crippen LogP contribution < -0.4 is 10.1 Å². The average molecular weight is 320 g/mol. The molecule has 2 aromatic rings. The molecule has 0 bridgehead atoms. The topological polar surface area (TPSA) is 21.3 Å². The van der Waals surface area contributed by atoms with Crippen LogP contribution in [0.25, 0.3) is 0 Å². The first-order chi connectivity index (χ1) is 9.10. The van der Waals surface area contributed by atoms with Crippen LogP contribution >= 0.6 is 15.9 Å². The third-order valence-electron chi connectivity index (χ3n) is 3.00. The van der Waals surface area contributed by atoms with Gasteiger partial charge in [0.2, 0.25) is 0 Å². The summed E-state index contributed by atoms with van der Waals surface area (Å²) in [5, 5.41) is 3.15. The van der Waals surface area contributed by atoms with Crippen molar-refractivity contribution in [2.24, 2.45) is 0 Å². The number of hydrogen-bond acceptors (Lipinski definition) is 2. The molecule has 0 aliphatic rings. The Morgan fingerprint density at radius 3 is 2.32 bits per heavy atom. The summed E-state index contributed by atoms with van der Waals surface area (Å²) in [7, 11) is 1.94. The van der Waals surface area contributed by atoms with Crippen LogP contribution in [-0.4, -0.2) is 7.05 Å². The van der Waals surface area contributed by atoms with E-state index in [1.54, 1.807) is 0 Å². The van der Waals surface area contributed by atoms with E-state index < -0.39 is 0 Å². The lowest BCUT2D eigenvalue weighted by atomic mass is 10.1. The Morgan fingerprint density at radius 2 is 1.63 bits per heavy atom. The zero-order chi connectivity index (χ0) is 13.8. The molecular weight excluding hydrogens is 302 g/mol. The van der Waals surface area contributed by atoms with Gasteiger partial charge in [0.05, 0.1) is 0 Å². The van der Waals surface area contributed by atoms with Crippen molar-refractivity contribution in [3.8, 4) is 11.5 Å². The molecule has 2 aromatic carbocycles. The fourth-order valence-electron chi connectivity index (χ4n) is 1.87. The van der Waals surface area contributed by atoms with Gasteiger partial charge in [-0.15, -0.1) is 0 Å². The standard InChI is InChI=1S/C16H18BrNO/c1-11-4-6-13(10-18-3)8-15(11)19-16-9-14(17)7-5-12(16)2/h4-9,18H,10H2,1-3H3. The Kier molecular flexibility index (Phi) is 4.61. The Morgan fingerprint density at radius 1 is 1.00 bits per heavy atom. The fraction of sp³-hybridized carbons (Fsp3) is 0.250. The Hall–Kier alpha value is -1.32. The van der Waals surface area contributed by atoms with Crippen molar-refractivity contribution in [3.05, 3.63) is 57.6 Å². The summed E-state index contributed by atoms with van der Waals surface area (Å²) in [6, 6.07) is 12.4. The van der Waals surface area contributed by atoms with Crippen LogP contribution in [0.5, 0.6) is 11.5 Å². The second-order valence-electron chi connectivity index (χ2n) is 4.64. The number of ether oxygens (including phenoxy) is 1. The van der Waals surface area contributed by atoms with E-state index in [0.717, 1.165) is 33.6 Å². The van der Waals surface area contributed by atoms with Gasteiger partial charge in [0.15, 0.2) is 0 Å². The number of aryl methyl sites for hydroxylation is 2. The smallest absolute Gasteiger partial charge is 0.131 e. The fourth-order valence-corrected chi connectivity index (χ4v) is 2.21.